The van der Waals surface area contributed by atoms with E-state index in [2.05, 4.69) is 6.92 Å². The van der Waals surface area contributed by atoms with Gasteiger partial charge in [0, 0.05) is 0 Å². The quantitative estimate of drug-likeness (QED) is 0.795. The van der Waals surface area contributed by atoms with Gasteiger partial charge in [-0.05, 0) is 42.9 Å². The number of carboxylic acid groups (broad SMARTS) is 1. The van der Waals surface area contributed by atoms with Gasteiger partial charge in [-0.1, -0.05) is 13.0 Å². The molecule has 0 spiro atoms. The number of benzene rings is 1. The first kappa shape index (κ1) is 14.7. The van der Waals surface area contributed by atoms with E-state index in [1.165, 1.54) is 0 Å². The Kier molecular flexibility index (Phi) is 4.18. The number of methoxy groups -OCH3 is 1. The molecule has 20 heavy (non-hydrogen) atoms. The molecule has 5 heteroatoms. The molecule has 1 saturated carbocycles. The minimum Gasteiger partial charge on any atom is -0.493 e. The number of hydrogen-bond acceptors (Lipinski definition) is 4. The Morgan fingerprint density at radius 1 is 1.45 bits per heavy atom. The van der Waals surface area contributed by atoms with Crippen LogP contribution in [0.2, 0.25) is 0 Å². The fourth-order valence-electron chi connectivity index (χ4n) is 2.20. The third kappa shape index (κ3) is 2.88. The summed E-state index contributed by atoms with van der Waals surface area (Å²) in [5.41, 5.74) is 5.80. The van der Waals surface area contributed by atoms with Crippen molar-refractivity contribution in [3.63, 3.8) is 0 Å². The van der Waals surface area contributed by atoms with E-state index in [-0.39, 0.29) is 12.5 Å². The predicted molar refractivity (Wildman–Crippen MR) is 75.1 cm³/mol. The summed E-state index contributed by atoms with van der Waals surface area (Å²) in [4.78, 5) is 11.3. The van der Waals surface area contributed by atoms with E-state index in [9.17, 15) is 9.90 Å². The van der Waals surface area contributed by atoms with Gasteiger partial charge in [-0.25, -0.2) is 0 Å². The van der Waals surface area contributed by atoms with Crippen LogP contribution >= 0.6 is 0 Å². The summed E-state index contributed by atoms with van der Waals surface area (Å²) in [6.07, 6.45) is 2.59. The number of rotatable bonds is 7. The largest absolute Gasteiger partial charge is 0.493 e. The summed E-state index contributed by atoms with van der Waals surface area (Å²) < 4.78 is 10.9. The van der Waals surface area contributed by atoms with Crippen LogP contribution in [0.3, 0.4) is 0 Å². The predicted octanol–water partition coefficient (Wildman–Crippen LogP) is 1.83. The van der Waals surface area contributed by atoms with Crippen molar-refractivity contribution in [3.05, 3.63) is 23.8 Å². The van der Waals surface area contributed by atoms with Gasteiger partial charge in [0.2, 0.25) is 0 Å². The SMILES string of the molecule is CCc1ccc(OCC(N)(C(=O)O)C2CC2)c(OC)c1. The lowest BCUT2D eigenvalue weighted by Crippen LogP contribution is -2.54. The number of carbonyl (C=O) groups is 1. The second kappa shape index (κ2) is 5.71. The number of aryl methyl sites for hydroxylation is 1. The second-order valence-electron chi connectivity index (χ2n) is 5.25. The first-order valence-corrected chi connectivity index (χ1v) is 6.83. The molecule has 0 heterocycles. The molecule has 1 unspecified atom stereocenters. The van der Waals surface area contributed by atoms with Crippen LogP contribution in [0.4, 0.5) is 0 Å². The highest BCUT2D eigenvalue weighted by molar-refractivity contribution is 5.79. The fraction of sp³-hybridized carbons (Fsp3) is 0.533. The van der Waals surface area contributed by atoms with E-state index in [0.29, 0.717) is 11.5 Å². The van der Waals surface area contributed by atoms with Crippen molar-refractivity contribution in [1.82, 2.24) is 0 Å². The summed E-state index contributed by atoms with van der Waals surface area (Å²) in [6.45, 7) is 2.01. The highest BCUT2D eigenvalue weighted by Gasteiger charge is 2.49. The molecule has 5 nitrogen and oxygen atoms in total. The van der Waals surface area contributed by atoms with E-state index in [1.807, 2.05) is 12.1 Å². The number of ether oxygens (including phenoxy) is 2. The molecule has 1 fully saturated rings. The monoisotopic (exact) mass is 279 g/mol. The third-order valence-electron chi connectivity index (χ3n) is 3.81. The van der Waals surface area contributed by atoms with Gasteiger partial charge in [0.05, 0.1) is 7.11 Å². The van der Waals surface area contributed by atoms with Gasteiger partial charge in [0.1, 0.15) is 6.61 Å². The molecule has 0 aromatic heterocycles. The zero-order chi connectivity index (χ0) is 14.8. The number of nitrogens with two attached hydrogens (primary N) is 1. The van der Waals surface area contributed by atoms with Gasteiger partial charge in [-0.2, -0.15) is 0 Å². The van der Waals surface area contributed by atoms with E-state index >= 15 is 0 Å². The summed E-state index contributed by atoms with van der Waals surface area (Å²) in [6, 6.07) is 5.63. The Morgan fingerprint density at radius 2 is 2.15 bits per heavy atom. The lowest BCUT2D eigenvalue weighted by molar-refractivity contribution is -0.145. The van der Waals surface area contributed by atoms with Gasteiger partial charge in [-0.15, -0.1) is 0 Å². The standard InChI is InChI=1S/C15H21NO4/c1-3-10-4-7-12(13(8-10)19-2)20-9-15(16,14(17)18)11-5-6-11/h4,7-8,11H,3,5-6,9,16H2,1-2H3,(H,17,18). The Hall–Kier alpha value is -1.75. The Balaban J connectivity index is 2.11. The van der Waals surface area contributed by atoms with E-state index < -0.39 is 11.5 Å². The number of carboxylic acids is 1. The van der Waals surface area contributed by atoms with Gasteiger partial charge >= 0.3 is 5.97 Å². The van der Waals surface area contributed by atoms with E-state index in [4.69, 9.17) is 15.2 Å². The maximum atomic E-state index is 11.3. The summed E-state index contributed by atoms with van der Waals surface area (Å²) in [5, 5.41) is 9.29. The van der Waals surface area contributed by atoms with Crippen LogP contribution < -0.4 is 15.2 Å². The molecular weight excluding hydrogens is 258 g/mol. The molecular formula is C15H21NO4. The van der Waals surface area contributed by atoms with Gasteiger partial charge in [0.15, 0.2) is 17.0 Å². The maximum absolute atomic E-state index is 11.3. The van der Waals surface area contributed by atoms with E-state index in [1.54, 1.807) is 13.2 Å². The molecule has 0 aliphatic heterocycles. The molecule has 1 atom stereocenters. The average molecular weight is 279 g/mol. The smallest absolute Gasteiger partial charge is 0.327 e. The average Bonchev–Trinajstić information content (AvgIpc) is 3.29. The zero-order valence-corrected chi connectivity index (χ0v) is 11.9. The lowest BCUT2D eigenvalue weighted by atomic mass is 9.96. The first-order valence-electron chi connectivity index (χ1n) is 6.83. The van der Waals surface area contributed by atoms with Crippen LogP contribution in [-0.2, 0) is 11.2 Å². The van der Waals surface area contributed by atoms with Crippen molar-refractivity contribution < 1.29 is 19.4 Å². The first-order chi connectivity index (χ1) is 9.51. The Labute approximate surface area is 118 Å². The number of hydrogen-bond donors (Lipinski definition) is 2. The van der Waals surface area contributed by atoms with Crippen LogP contribution in [0, 0.1) is 5.92 Å². The van der Waals surface area contributed by atoms with Crippen molar-refractivity contribution >= 4 is 5.97 Å². The third-order valence-corrected chi connectivity index (χ3v) is 3.81. The summed E-state index contributed by atoms with van der Waals surface area (Å²) in [5.74, 6) is 0.124. The highest BCUT2D eigenvalue weighted by atomic mass is 16.5. The Bertz CT molecular complexity index is 499. The summed E-state index contributed by atoms with van der Waals surface area (Å²) in [7, 11) is 1.56. The van der Waals surface area contributed by atoms with Crippen molar-refractivity contribution in [1.29, 1.82) is 0 Å². The van der Waals surface area contributed by atoms with Crippen molar-refractivity contribution in [3.8, 4) is 11.5 Å². The molecule has 0 radical (unpaired) electrons. The topological polar surface area (TPSA) is 81.8 Å². The summed E-state index contributed by atoms with van der Waals surface area (Å²) >= 11 is 0. The molecule has 1 aromatic carbocycles. The van der Waals surface area contributed by atoms with Crippen LogP contribution in [0.5, 0.6) is 11.5 Å². The molecule has 1 aliphatic rings. The molecule has 2 rings (SSSR count). The molecule has 3 N–H and O–H groups in total. The molecule has 0 saturated heterocycles. The van der Waals surface area contributed by atoms with Crippen LogP contribution in [-0.4, -0.2) is 30.3 Å². The van der Waals surface area contributed by atoms with Crippen LogP contribution in [0.1, 0.15) is 25.3 Å². The Morgan fingerprint density at radius 3 is 2.65 bits per heavy atom. The maximum Gasteiger partial charge on any atom is 0.327 e. The number of aliphatic carboxylic acids is 1. The molecule has 110 valence electrons. The van der Waals surface area contributed by atoms with Crippen molar-refractivity contribution in [2.45, 2.75) is 31.7 Å². The normalized spacial score (nSPS) is 17.4. The van der Waals surface area contributed by atoms with Crippen LogP contribution in [0.15, 0.2) is 18.2 Å². The second-order valence-corrected chi connectivity index (χ2v) is 5.25. The minimum absolute atomic E-state index is 0.000843. The molecule has 0 amide bonds. The van der Waals surface area contributed by atoms with Crippen LogP contribution in [0.25, 0.3) is 0 Å². The fourth-order valence-corrected chi connectivity index (χ4v) is 2.20. The van der Waals surface area contributed by atoms with Gasteiger partial charge in [-0.3, -0.25) is 4.79 Å². The zero-order valence-electron chi connectivity index (χ0n) is 11.9. The minimum atomic E-state index is -1.31. The molecule has 0 bridgehead atoms. The highest BCUT2D eigenvalue weighted by Crippen LogP contribution is 2.39. The molecule has 1 aromatic rings. The lowest BCUT2D eigenvalue weighted by Gasteiger charge is -2.25. The van der Waals surface area contributed by atoms with Gasteiger partial charge < -0.3 is 20.3 Å². The van der Waals surface area contributed by atoms with Crippen molar-refractivity contribution in [2.24, 2.45) is 11.7 Å². The van der Waals surface area contributed by atoms with Gasteiger partial charge in [0.25, 0.3) is 0 Å². The molecule has 1 aliphatic carbocycles. The van der Waals surface area contributed by atoms with E-state index in [0.717, 1.165) is 24.8 Å². The van der Waals surface area contributed by atoms with Crippen molar-refractivity contribution in [2.75, 3.05) is 13.7 Å².